The molecule has 1 aliphatic rings. The summed E-state index contributed by atoms with van der Waals surface area (Å²) in [6.45, 7) is 11.9. The molecule has 0 aromatic heterocycles. The van der Waals surface area contributed by atoms with Crippen LogP contribution in [-0.4, -0.2) is 36.6 Å². The number of hydrogen-bond donors (Lipinski definition) is 1. The van der Waals surface area contributed by atoms with Crippen LogP contribution in [0.1, 0.15) is 59.3 Å². The molecule has 0 unspecified atom stereocenters. The second-order valence-electron chi connectivity index (χ2n) is 6.14. The molecule has 2 heteroatoms. The molecule has 16 heavy (non-hydrogen) atoms. The lowest BCUT2D eigenvalue weighted by atomic mass is 10.1. The third-order valence-corrected chi connectivity index (χ3v) is 3.26. The predicted octanol–water partition coefficient (Wildman–Crippen LogP) is 3.03. The van der Waals surface area contributed by atoms with Crippen molar-refractivity contribution in [2.75, 3.05) is 26.2 Å². The summed E-state index contributed by atoms with van der Waals surface area (Å²) in [5.41, 5.74) is 0.287. The van der Waals surface area contributed by atoms with Crippen molar-refractivity contribution in [1.82, 2.24) is 10.2 Å². The van der Waals surface area contributed by atoms with Crippen LogP contribution >= 0.6 is 0 Å². The van der Waals surface area contributed by atoms with E-state index in [-0.39, 0.29) is 5.54 Å². The van der Waals surface area contributed by atoms with E-state index in [0.29, 0.717) is 0 Å². The molecule has 2 nitrogen and oxygen atoms in total. The highest BCUT2D eigenvalue weighted by Gasteiger charge is 2.10. The quantitative estimate of drug-likeness (QED) is 0.671. The first-order valence-electron chi connectivity index (χ1n) is 7.05. The Morgan fingerprint density at radius 2 is 1.56 bits per heavy atom. The van der Waals surface area contributed by atoms with Crippen LogP contribution in [-0.2, 0) is 0 Å². The van der Waals surface area contributed by atoms with Crippen molar-refractivity contribution in [3.63, 3.8) is 0 Å². The first-order valence-corrected chi connectivity index (χ1v) is 7.05. The van der Waals surface area contributed by atoms with E-state index in [0.717, 1.165) is 0 Å². The molecule has 96 valence electrons. The minimum atomic E-state index is 0.287. The smallest absolute Gasteiger partial charge is 0.00965 e. The van der Waals surface area contributed by atoms with Crippen molar-refractivity contribution in [3.05, 3.63) is 0 Å². The number of unbranched alkanes of at least 4 members (excludes halogenated alkanes) is 3. The molecular weight excluding hydrogens is 196 g/mol. The van der Waals surface area contributed by atoms with Crippen LogP contribution < -0.4 is 5.32 Å². The minimum Gasteiger partial charge on any atom is -0.312 e. The second-order valence-corrected chi connectivity index (χ2v) is 6.14. The maximum absolute atomic E-state index is 3.54. The number of hydrogen-bond acceptors (Lipinski definition) is 2. The van der Waals surface area contributed by atoms with E-state index < -0.39 is 0 Å². The van der Waals surface area contributed by atoms with E-state index in [4.69, 9.17) is 0 Å². The maximum atomic E-state index is 3.54. The van der Waals surface area contributed by atoms with Crippen LogP contribution in [0.5, 0.6) is 0 Å². The van der Waals surface area contributed by atoms with Gasteiger partial charge in [-0.15, -0.1) is 0 Å². The maximum Gasteiger partial charge on any atom is 0.00965 e. The average molecular weight is 226 g/mol. The van der Waals surface area contributed by atoms with Gasteiger partial charge in [0.1, 0.15) is 0 Å². The molecule has 0 aliphatic carbocycles. The van der Waals surface area contributed by atoms with Crippen LogP contribution in [0.3, 0.4) is 0 Å². The van der Waals surface area contributed by atoms with Gasteiger partial charge in [0.15, 0.2) is 0 Å². The fourth-order valence-electron chi connectivity index (χ4n) is 2.28. The molecule has 1 fully saturated rings. The molecule has 0 amide bonds. The molecule has 1 heterocycles. The number of rotatable bonds is 7. The Bertz CT molecular complexity index is 166. The van der Waals surface area contributed by atoms with Crippen LogP contribution in [0, 0.1) is 0 Å². The SMILES string of the molecule is CC(C)(C)NCCCCCCN1CCCC1. The molecule has 0 aromatic carbocycles. The largest absolute Gasteiger partial charge is 0.312 e. The number of nitrogens with one attached hydrogen (secondary N) is 1. The van der Waals surface area contributed by atoms with E-state index in [1.165, 1.54) is 64.7 Å². The topological polar surface area (TPSA) is 15.3 Å². The van der Waals surface area contributed by atoms with Crippen LogP contribution in [0.15, 0.2) is 0 Å². The van der Waals surface area contributed by atoms with Gasteiger partial charge < -0.3 is 10.2 Å². The molecule has 0 radical (unpaired) electrons. The number of likely N-dealkylation sites (tertiary alicyclic amines) is 1. The summed E-state index contributed by atoms with van der Waals surface area (Å²) >= 11 is 0. The van der Waals surface area contributed by atoms with E-state index >= 15 is 0 Å². The fraction of sp³-hybridized carbons (Fsp3) is 1.00. The van der Waals surface area contributed by atoms with Crippen LogP contribution in [0.4, 0.5) is 0 Å². The molecule has 1 saturated heterocycles. The molecule has 1 N–H and O–H groups in total. The summed E-state index contributed by atoms with van der Waals surface area (Å²) in [5.74, 6) is 0. The summed E-state index contributed by atoms with van der Waals surface area (Å²) in [5, 5.41) is 3.54. The molecule has 0 spiro atoms. The van der Waals surface area contributed by atoms with Gasteiger partial charge in [0.25, 0.3) is 0 Å². The second kappa shape index (κ2) is 7.29. The molecule has 1 aliphatic heterocycles. The zero-order chi connectivity index (χ0) is 11.9. The summed E-state index contributed by atoms with van der Waals surface area (Å²) in [6, 6.07) is 0. The van der Waals surface area contributed by atoms with Crippen LogP contribution in [0.2, 0.25) is 0 Å². The minimum absolute atomic E-state index is 0.287. The molecular formula is C14H30N2. The van der Waals surface area contributed by atoms with E-state index in [1.54, 1.807) is 0 Å². The van der Waals surface area contributed by atoms with E-state index in [1.807, 2.05) is 0 Å². The highest BCUT2D eigenvalue weighted by Crippen LogP contribution is 2.09. The Balaban J connectivity index is 1.81. The van der Waals surface area contributed by atoms with Crippen molar-refractivity contribution >= 4 is 0 Å². The standard InChI is InChI=1S/C14H30N2/c1-14(2,3)15-10-6-4-5-7-11-16-12-8-9-13-16/h15H,4-13H2,1-3H3. The van der Waals surface area contributed by atoms with Gasteiger partial charge in [-0.1, -0.05) is 12.8 Å². The third-order valence-electron chi connectivity index (χ3n) is 3.26. The van der Waals surface area contributed by atoms with Gasteiger partial charge in [-0.3, -0.25) is 0 Å². The first kappa shape index (κ1) is 14.0. The Morgan fingerprint density at radius 1 is 0.938 bits per heavy atom. The Morgan fingerprint density at radius 3 is 2.19 bits per heavy atom. The molecule has 0 aromatic rings. The van der Waals surface area contributed by atoms with Crippen molar-refractivity contribution < 1.29 is 0 Å². The van der Waals surface area contributed by atoms with Crippen molar-refractivity contribution in [1.29, 1.82) is 0 Å². The normalized spacial score (nSPS) is 18.2. The molecule has 1 rings (SSSR count). The molecule has 0 atom stereocenters. The monoisotopic (exact) mass is 226 g/mol. The number of nitrogens with zero attached hydrogens (tertiary/aromatic N) is 1. The van der Waals surface area contributed by atoms with E-state index in [2.05, 4.69) is 31.0 Å². The summed E-state index contributed by atoms with van der Waals surface area (Å²) in [6.07, 6.45) is 8.37. The summed E-state index contributed by atoms with van der Waals surface area (Å²) in [7, 11) is 0. The Hall–Kier alpha value is -0.0800. The van der Waals surface area contributed by atoms with Gasteiger partial charge in [0, 0.05) is 5.54 Å². The average Bonchev–Trinajstić information content (AvgIpc) is 2.67. The fourth-order valence-corrected chi connectivity index (χ4v) is 2.28. The molecule has 0 bridgehead atoms. The molecule has 0 saturated carbocycles. The Labute approximate surface area is 102 Å². The van der Waals surface area contributed by atoms with Crippen LogP contribution in [0.25, 0.3) is 0 Å². The van der Waals surface area contributed by atoms with E-state index in [9.17, 15) is 0 Å². The van der Waals surface area contributed by atoms with Gasteiger partial charge in [-0.05, 0) is 72.6 Å². The zero-order valence-electron chi connectivity index (χ0n) is 11.5. The highest BCUT2D eigenvalue weighted by atomic mass is 15.1. The summed E-state index contributed by atoms with van der Waals surface area (Å²) < 4.78 is 0. The lowest BCUT2D eigenvalue weighted by molar-refractivity contribution is 0.327. The van der Waals surface area contributed by atoms with Gasteiger partial charge in [0.2, 0.25) is 0 Å². The zero-order valence-corrected chi connectivity index (χ0v) is 11.5. The van der Waals surface area contributed by atoms with Crippen molar-refractivity contribution in [2.24, 2.45) is 0 Å². The van der Waals surface area contributed by atoms with Crippen molar-refractivity contribution in [2.45, 2.75) is 64.8 Å². The van der Waals surface area contributed by atoms with Gasteiger partial charge in [-0.25, -0.2) is 0 Å². The Kier molecular flexibility index (Phi) is 6.37. The lowest BCUT2D eigenvalue weighted by Crippen LogP contribution is -2.36. The first-order chi connectivity index (χ1) is 7.58. The summed E-state index contributed by atoms with van der Waals surface area (Å²) in [4.78, 5) is 2.62. The van der Waals surface area contributed by atoms with Crippen molar-refractivity contribution in [3.8, 4) is 0 Å². The highest BCUT2D eigenvalue weighted by molar-refractivity contribution is 4.70. The third kappa shape index (κ3) is 7.24. The predicted molar refractivity (Wildman–Crippen MR) is 71.9 cm³/mol. The van der Waals surface area contributed by atoms with Gasteiger partial charge in [-0.2, -0.15) is 0 Å². The lowest BCUT2D eigenvalue weighted by Gasteiger charge is -2.20. The van der Waals surface area contributed by atoms with Gasteiger partial charge in [0.05, 0.1) is 0 Å². The van der Waals surface area contributed by atoms with Gasteiger partial charge >= 0.3 is 0 Å².